The third kappa shape index (κ3) is 2.07. The van der Waals surface area contributed by atoms with E-state index in [4.69, 9.17) is 0 Å². The van der Waals surface area contributed by atoms with Gasteiger partial charge in [-0.15, -0.1) is 0 Å². The number of rotatable bonds is 5. The Kier molecular flexibility index (Phi) is 2.73. The molecule has 86 valence electrons. The Morgan fingerprint density at radius 1 is 1.20 bits per heavy atom. The van der Waals surface area contributed by atoms with Gasteiger partial charge in [0.1, 0.15) is 0 Å². The van der Waals surface area contributed by atoms with Gasteiger partial charge in [0.25, 0.3) is 0 Å². The lowest BCUT2D eigenvalue weighted by Crippen LogP contribution is -2.33. The summed E-state index contributed by atoms with van der Waals surface area (Å²) in [4.78, 5) is 0. The SMILES string of the molecule is CCCC1CC1NCC1CC2CCC1N2. The summed E-state index contributed by atoms with van der Waals surface area (Å²) in [7, 11) is 0. The van der Waals surface area contributed by atoms with Crippen LogP contribution in [0.5, 0.6) is 0 Å². The van der Waals surface area contributed by atoms with Crippen molar-refractivity contribution in [2.75, 3.05) is 6.54 Å². The maximum atomic E-state index is 3.78. The molecule has 15 heavy (non-hydrogen) atoms. The van der Waals surface area contributed by atoms with Gasteiger partial charge < -0.3 is 10.6 Å². The van der Waals surface area contributed by atoms with Crippen LogP contribution in [0.15, 0.2) is 0 Å². The topological polar surface area (TPSA) is 24.1 Å². The molecule has 1 saturated carbocycles. The van der Waals surface area contributed by atoms with Crippen molar-refractivity contribution < 1.29 is 0 Å². The van der Waals surface area contributed by atoms with E-state index in [0.29, 0.717) is 0 Å². The van der Waals surface area contributed by atoms with Crippen LogP contribution in [0.25, 0.3) is 0 Å². The quantitative estimate of drug-likeness (QED) is 0.721. The highest BCUT2D eigenvalue weighted by Gasteiger charge is 2.41. The lowest BCUT2D eigenvalue weighted by molar-refractivity contribution is 0.378. The van der Waals surface area contributed by atoms with E-state index in [9.17, 15) is 0 Å². The van der Waals surface area contributed by atoms with E-state index in [1.807, 2.05) is 0 Å². The molecule has 5 unspecified atom stereocenters. The van der Waals surface area contributed by atoms with Crippen LogP contribution in [0.2, 0.25) is 0 Å². The minimum absolute atomic E-state index is 0.853. The molecule has 3 fully saturated rings. The highest BCUT2D eigenvalue weighted by molar-refractivity contribution is 5.00. The molecule has 2 heterocycles. The summed E-state index contributed by atoms with van der Waals surface area (Å²) in [5.74, 6) is 1.95. The fourth-order valence-corrected chi connectivity index (χ4v) is 3.65. The molecule has 0 spiro atoms. The van der Waals surface area contributed by atoms with Crippen molar-refractivity contribution in [2.45, 2.75) is 63.6 Å². The van der Waals surface area contributed by atoms with Gasteiger partial charge in [-0.2, -0.15) is 0 Å². The van der Waals surface area contributed by atoms with E-state index in [2.05, 4.69) is 17.6 Å². The van der Waals surface area contributed by atoms with Crippen molar-refractivity contribution >= 4 is 0 Å². The zero-order valence-electron chi connectivity index (χ0n) is 9.84. The second kappa shape index (κ2) is 4.06. The lowest BCUT2D eigenvalue weighted by atomic mass is 9.89. The normalized spacial score (nSPS) is 47.4. The van der Waals surface area contributed by atoms with Gasteiger partial charge in [0.05, 0.1) is 0 Å². The van der Waals surface area contributed by atoms with Gasteiger partial charge in [-0.3, -0.25) is 0 Å². The molecule has 2 nitrogen and oxygen atoms in total. The summed E-state index contributed by atoms with van der Waals surface area (Å²) in [6.07, 6.45) is 8.54. The predicted octanol–water partition coefficient (Wildman–Crippen LogP) is 1.91. The molecule has 1 aliphatic carbocycles. The summed E-state index contributed by atoms with van der Waals surface area (Å²) in [6, 6.07) is 2.60. The number of nitrogens with one attached hydrogen (secondary N) is 2. The van der Waals surface area contributed by atoms with Gasteiger partial charge in [0.15, 0.2) is 0 Å². The van der Waals surface area contributed by atoms with E-state index in [-0.39, 0.29) is 0 Å². The van der Waals surface area contributed by atoms with Crippen LogP contribution < -0.4 is 10.6 Å². The van der Waals surface area contributed by atoms with Crippen LogP contribution >= 0.6 is 0 Å². The molecule has 2 bridgehead atoms. The van der Waals surface area contributed by atoms with Crippen LogP contribution in [0.4, 0.5) is 0 Å². The Hall–Kier alpha value is -0.0800. The van der Waals surface area contributed by atoms with Gasteiger partial charge >= 0.3 is 0 Å². The van der Waals surface area contributed by atoms with Crippen LogP contribution in [0, 0.1) is 11.8 Å². The first kappa shape index (κ1) is 10.1. The lowest BCUT2D eigenvalue weighted by Gasteiger charge is -2.20. The standard InChI is InChI=1S/C13H24N2/c1-2-3-9-7-13(9)14-8-10-6-11-4-5-12(10)15-11/h9-15H,2-8H2,1H3. The average Bonchev–Trinajstić information content (AvgIpc) is 2.70. The third-order valence-corrected chi connectivity index (χ3v) is 4.66. The fraction of sp³-hybridized carbons (Fsp3) is 1.00. The molecule has 3 aliphatic rings. The molecule has 2 saturated heterocycles. The monoisotopic (exact) mass is 208 g/mol. The maximum absolute atomic E-state index is 3.78. The van der Waals surface area contributed by atoms with Crippen molar-refractivity contribution in [2.24, 2.45) is 11.8 Å². The van der Waals surface area contributed by atoms with Crippen LogP contribution in [0.1, 0.15) is 45.4 Å². The molecular weight excluding hydrogens is 184 g/mol. The molecule has 0 aromatic heterocycles. The number of hydrogen-bond acceptors (Lipinski definition) is 2. The predicted molar refractivity (Wildman–Crippen MR) is 62.9 cm³/mol. The van der Waals surface area contributed by atoms with Crippen LogP contribution in [0.3, 0.4) is 0 Å². The summed E-state index contributed by atoms with van der Waals surface area (Å²) < 4.78 is 0. The largest absolute Gasteiger partial charge is 0.313 e. The Balaban J connectivity index is 1.37. The van der Waals surface area contributed by atoms with E-state index >= 15 is 0 Å². The molecule has 5 atom stereocenters. The van der Waals surface area contributed by atoms with E-state index in [0.717, 1.165) is 30.0 Å². The van der Waals surface area contributed by atoms with Crippen LogP contribution in [-0.4, -0.2) is 24.7 Å². The summed E-state index contributed by atoms with van der Waals surface area (Å²) in [5.41, 5.74) is 0. The zero-order valence-corrected chi connectivity index (χ0v) is 9.84. The highest BCUT2D eigenvalue weighted by Crippen LogP contribution is 2.36. The smallest absolute Gasteiger partial charge is 0.0111 e. The van der Waals surface area contributed by atoms with Crippen LogP contribution in [-0.2, 0) is 0 Å². The molecule has 3 rings (SSSR count). The third-order valence-electron chi connectivity index (χ3n) is 4.66. The minimum atomic E-state index is 0.853. The molecule has 0 aromatic rings. The van der Waals surface area contributed by atoms with Gasteiger partial charge in [-0.1, -0.05) is 13.3 Å². The fourth-order valence-electron chi connectivity index (χ4n) is 3.65. The molecule has 2 heteroatoms. The van der Waals surface area contributed by atoms with E-state index in [1.165, 1.54) is 45.1 Å². The summed E-state index contributed by atoms with van der Waals surface area (Å²) in [6.45, 7) is 3.58. The Morgan fingerprint density at radius 2 is 2.13 bits per heavy atom. The Labute approximate surface area is 93.2 Å². The first-order chi connectivity index (χ1) is 7.36. The van der Waals surface area contributed by atoms with Crippen molar-refractivity contribution in [3.63, 3.8) is 0 Å². The summed E-state index contributed by atoms with van der Waals surface area (Å²) >= 11 is 0. The average molecular weight is 208 g/mol. The first-order valence-electron chi connectivity index (χ1n) is 6.86. The maximum Gasteiger partial charge on any atom is 0.0111 e. The Morgan fingerprint density at radius 3 is 2.80 bits per heavy atom. The second-order valence-corrected chi connectivity index (χ2v) is 5.84. The van der Waals surface area contributed by atoms with E-state index in [1.54, 1.807) is 0 Å². The van der Waals surface area contributed by atoms with Gasteiger partial charge in [0, 0.05) is 18.1 Å². The Bertz CT molecular complexity index is 229. The van der Waals surface area contributed by atoms with Gasteiger partial charge in [-0.05, 0) is 50.5 Å². The molecule has 0 aromatic carbocycles. The number of fused-ring (bicyclic) bond motifs is 2. The molecular formula is C13H24N2. The molecule has 2 N–H and O–H groups in total. The van der Waals surface area contributed by atoms with E-state index < -0.39 is 0 Å². The highest BCUT2D eigenvalue weighted by atomic mass is 15.1. The van der Waals surface area contributed by atoms with Gasteiger partial charge in [0.2, 0.25) is 0 Å². The van der Waals surface area contributed by atoms with Gasteiger partial charge in [-0.25, -0.2) is 0 Å². The molecule has 0 radical (unpaired) electrons. The second-order valence-electron chi connectivity index (χ2n) is 5.84. The van der Waals surface area contributed by atoms with Crippen molar-refractivity contribution in [3.05, 3.63) is 0 Å². The first-order valence-corrected chi connectivity index (χ1v) is 6.86. The molecule has 0 amide bonds. The summed E-state index contributed by atoms with van der Waals surface area (Å²) in [5, 5.41) is 7.50. The van der Waals surface area contributed by atoms with Crippen molar-refractivity contribution in [1.29, 1.82) is 0 Å². The van der Waals surface area contributed by atoms with Crippen molar-refractivity contribution in [3.8, 4) is 0 Å². The molecule has 2 aliphatic heterocycles. The number of hydrogen-bond donors (Lipinski definition) is 2. The zero-order chi connectivity index (χ0) is 10.3. The minimum Gasteiger partial charge on any atom is -0.313 e. The van der Waals surface area contributed by atoms with Crippen molar-refractivity contribution in [1.82, 2.24) is 10.6 Å².